The Morgan fingerprint density at radius 3 is 2.35 bits per heavy atom. The van der Waals surface area contributed by atoms with Crippen LogP contribution in [-0.4, -0.2) is 5.11 Å². The molecule has 122 valence electrons. The Balaban J connectivity index is 2.12. The van der Waals surface area contributed by atoms with E-state index in [-0.39, 0.29) is 6.04 Å². The van der Waals surface area contributed by atoms with Gasteiger partial charge in [0.2, 0.25) is 0 Å². The van der Waals surface area contributed by atoms with E-state index in [0.717, 1.165) is 16.3 Å². The van der Waals surface area contributed by atoms with Crippen LogP contribution in [0.1, 0.15) is 36.6 Å². The quantitative estimate of drug-likeness (QED) is 0.700. The second kappa shape index (κ2) is 7.80. The first-order valence-electron chi connectivity index (χ1n) is 7.77. The highest BCUT2D eigenvalue weighted by Crippen LogP contribution is 2.25. The lowest BCUT2D eigenvalue weighted by Gasteiger charge is -2.26. The van der Waals surface area contributed by atoms with Crippen molar-refractivity contribution < 1.29 is 0 Å². The zero-order valence-electron chi connectivity index (χ0n) is 14.0. The first kappa shape index (κ1) is 17.8. The van der Waals surface area contributed by atoms with Gasteiger partial charge in [-0.15, -0.1) is 0 Å². The third-order valence-corrected chi connectivity index (χ3v) is 4.53. The van der Waals surface area contributed by atoms with Crippen molar-refractivity contribution in [3.8, 4) is 0 Å². The van der Waals surface area contributed by atoms with Crippen LogP contribution in [0.5, 0.6) is 0 Å². The summed E-state index contributed by atoms with van der Waals surface area (Å²) in [5.41, 5.74) is 4.48. The molecule has 2 aromatic rings. The molecule has 2 rings (SSSR count). The topological polar surface area (TPSA) is 24.1 Å². The number of benzene rings is 2. The molecule has 0 aliphatic carbocycles. The van der Waals surface area contributed by atoms with Crippen molar-refractivity contribution in [2.75, 3.05) is 5.32 Å². The van der Waals surface area contributed by atoms with Crippen LogP contribution in [0.4, 0.5) is 5.69 Å². The molecule has 2 nitrogen and oxygen atoms in total. The molecule has 0 spiro atoms. The predicted octanol–water partition coefficient (Wildman–Crippen LogP) is 5.64. The fraction of sp³-hybridized carbons (Fsp3) is 0.316. The summed E-state index contributed by atoms with van der Waals surface area (Å²) in [4.78, 5) is 0. The van der Waals surface area contributed by atoms with Gasteiger partial charge in [-0.25, -0.2) is 0 Å². The summed E-state index contributed by atoms with van der Waals surface area (Å²) in [5, 5.41) is 7.99. The van der Waals surface area contributed by atoms with Crippen LogP contribution in [0.3, 0.4) is 0 Å². The Morgan fingerprint density at radius 1 is 1.04 bits per heavy atom. The predicted molar refractivity (Wildman–Crippen MR) is 104 cm³/mol. The van der Waals surface area contributed by atoms with E-state index in [4.69, 9.17) is 23.8 Å². The number of anilines is 1. The fourth-order valence-corrected chi connectivity index (χ4v) is 2.94. The van der Waals surface area contributed by atoms with Crippen molar-refractivity contribution in [2.45, 2.75) is 33.7 Å². The molecule has 0 aliphatic rings. The molecule has 23 heavy (non-hydrogen) atoms. The van der Waals surface area contributed by atoms with Gasteiger partial charge in [-0.05, 0) is 60.8 Å². The summed E-state index contributed by atoms with van der Waals surface area (Å²) >= 11 is 11.7. The van der Waals surface area contributed by atoms with Crippen LogP contribution in [0.2, 0.25) is 5.02 Å². The first-order valence-corrected chi connectivity index (χ1v) is 8.56. The molecule has 0 fully saturated rings. The number of halogens is 1. The Morgan fingerprint density at radius 2 is 1.74 bits per heavy atom. The summed E-state index contributed by atoms with van der Waals surface area (Å²) < 4.78 is 0. The summed E-state index contributed by atoms with van der Waals surface area (Å²) in [6, 6.07) is 14.4. The first-order chi connectivity index (χ1) is 10.9. The molecule has 0 heterocycles. The third kappa shape index (κ3) is 4.69. The molecule has 2 N–H and O–H groups in total. The van der Waals surface area contributed by atoms with E-state index >= 15 is 0 Å². The number of hydrogen-bond donors (Lipinski definition) is 2. The molecule has 4 heteroatoms. The van der Waals surface area contributed by atoms with E-state index in [2.05, 4.69) is 55.7 Å². The molecule has 0 aromatic heterocycles. The Labute approximate surface area is 149 Å². The molecule has 0 aliphatic heterocycles. The van der Waals surface area contributed by atoms with Gasteiger partial charge in [0.1, 0.15) is 0 Å². The third-order valence-electron chi connectivity index (χ3n) is 3.91. The van der Waals surface area contributed by atoms with Gasteiger partial charge in [0.15, 0.2) is 5.11 Å². The lowest BCUT2D eigenvalue weighted by Crippen LogP contribution is -2.35. The second-order valence-electron chi connectivity index (χ2n) is 6.14. The van der Waals surface area contributed by atoms with E-state index in [1.807, 2.05) is 25.1 Å². The van der Waals surface area contributed by atoms with Crippen molar-refractivity contribution in [3.63, 3.8) is 0 Å². The van der Waals surface area contributed by atoms with E-state index in [0.29, 0.717) is 11.0 Å². The normalized spacial score (nSPS) is 12.1. The minimum Gasteiger partial charge on any atom is -0.355 e. The van der Waals surface area contributed by atoms with Gasteiger partial charge in [0.05, 0.1) is 6.04 Å². The number of nitrogens with one attached hydrogen (secondary N) is 2. The highest BCUT2D eigenvalue weighted by atomic mass is 35.5. The van der Waals surface area contributed by atoms with Crippen molar-refractivity contribution in [1.29, 1.82) is 0 Å². The van der Waals surface area contributed by atoms with Gasteiger partial charge in [-0.2, -0.15) is 0 Å². The van der Waals surface area contributed by atoms with Gasteiger partial charge >= 0.3 is 0 Å². The maximum absolute atomic E-state index is 6.17. The molecule has 0 bridgehead atoms. The van der Waals surface area contributed by atoms with Crippen LogP contribution in [-0.2, 0) is 0 Å². The van der Waals surface area contributed by atoms with Crippen LogP contribution >= 0.6 is 23.8 Å². The summed E-state index contributed by atoms with van der Waals surface area (Å²) in [5.74, 6) is 0.414. The van der Waals surface area contributed by atoms with Crippen LogP contribution in [0, 0.1) is 19.8 Å². The maximum Gasteiger partial charge on any atom is 0.171 e. The molecule has 0 amide bonds. The lowest BCUT2D eigenvalue weighted by atomic mass is 9.93. The highest BCUT2D eigenvalue weighted by Gasteiger charge is 2.18. The molecule has 2 aromatic carbocycles. The van der Waals surface area contributed by atoms with E-state index in [9.17, 15) is 0 Å². The lowest BCUT2D eigenvalue weighted by molar-refractivity contribution is 0.471. The molecular formula is C19H23ClN2S. The van der Waals surface area contributed by atoms with E-state index in [1.165, 1.54) is 11.1 Å². The standard InChI is InChI=1S/C19H23ClN2S/c1-12(2)18(16-8-6-5-7-13(16)3)22-19(23)21-15-10-9-14(4)17(20)11-15/h5-12,18H,1-4H3,(H2,21,22,23). The average molecular weight is 347 g/mol. The van der Waals surface area contributed by atoms with E-state index < -0.39 is 0 Å². The smallest absolute Gasteiger partial charge is 0.171 e. The molecule has 0 saturated carbocycles. The Kier molecular flexibility index (Phi) is 6.03. The molecular weight excluding hydrogens is 324 g/mol. The van der Waals surface area contributed by atoms with Gasteiger partial charge in [-0.3, -0.25) is 0 Å². The van der Waals surface area contributed by atoms with Gasteiger partial charge < -0.3 is 10.6 Å². The zero-order chi connectivity index (χ0) is 17.0. The minimum atomic E-state index is 0.164. The van der Waals surface area contributed by atoms with E-state index in [1.54, 1.807) is 0 Å². The minimum absolute atomic E-state index is 0.164. The summed E-state index contributed by atoms with van der Waals surface area (Å²) in [6.45, 7) is 8.49. The van der Waals surface area contributed by atoms with Crippen LogP contribution in [0.15, 0.2) is 42.5 Å². The van der Waals surface area contributed by atoms with Gasteiger partial charge in [0.25, 0.3) is 0 Å². The fourth-order valence-electron chi connectivity index (χ4n) is 2.52. The van der Waals surface area contributed by atoms with Crippen molar-refractivity contribution in [1.82, 2.24) is 5.32 Å². The van der Waals surface area contributed by atoms with Crippen molar-refractivity contribution >= 4 is 34.6 Å². The van der Waals surface area contributed by atoms with Gasteiger partial charge in [0, 0.05) is 10.7 Å². The highest BCUT2D eigenvalue weighted by molar-refractivity contribution is 7.80. The van der Waals surface area contributed by atoms with Crippen LogP contribution < -0.4 is 10.6 Å². The molecule has 1 atom stereocenters. The summed E-state index contributed by atoms with van der Waals surface area (Å²) in [7, 11) is 0. The number of rotatable bonds is 4. The second-order valence-corrected chi connectivity index (χ2v) is 6.96. The molecule has 0 radical (unpaired) electrons. The monoisotopic (exact) mass is 346 g/mol. The van der Waals surface area contributed by atoms with Crippen LogP contribution in [0.25, 0.3) is 0 Å². The Bertz CT molecular complexity index is 698. The zero-order valence-corrected chi connectivity index (χ0v) is 15.6. The molecule has 1 unspecified atom stereocenters. The maximum atomic E-state index is 6.17. The van der Waals surface area contributed by atoms with Crippen molar-refractivity contribution in [3.05, 3.63) is 64.2 Å². The average Bonchev–Trinajstić information content (AvgIpc) is 2.49. The van der Waals surface area contributed by atoms with Crippen molar-refractivity contribution in [2.24, 2.45) is 5.92 Å². The number of thiocarbonyl (C=S) groups is 1. The number of aryl methyl sites for hydroxylation is 2. The largest absolute Gasteiger partial charge is 0.355 e. The Hall–Kier alpha value is -1.58. The van der Waals surface area contributed by atoms with Gasteiger partial charge in [-0.1, -0.05) is 55.8 Å². The summed E-state index contributed by atoms with van der Waals surface area (Å²) in [6.07, 6.45) is 0. The SMILES string of the molecule is Cc1ccc(NC(=S)NC(c2ccccc2C)C(C)C)cc1Cl. The molecule has 0 saturated heterocycles. The number of hydrogen-bond acceptors (Lipinski definition) is 1.